The number of H-pyrrole nitrogens is 1. The molecule has 0 unspecified atom stereocenters. The fourth-order valence-corrected chi connectivity index (χ4v) is 2.21. The van der Waals surface area contributed by atoms with Crippen LogP contribution in [0.2, 0.25) is 5.02 Å². The molecule has 96 valence electrons. The van der Waals surface area contributed by atoms with Crippen LogP contribution in [0.3, 0.4) is 0 Å². The van der Waals surface area contributed by atoms with Gasteiger partial charge in [-0.25, -0.2) is 13.8 Å². The Hall–Kier alpha value is -1.94. The molecule has 5 heteroatoms. The van der Waals surface area contributed by atoms with Crippen LogP contribution in [-0.2, 0) is 6.42 Å². The van der Waals surface area contributed by atoms with Crippen molar-refractivity contribution in [1.82, 2.24) is 9.97 Å². The Morgan fingerprint density at radius 1 is 1.16 bits per heavy atom. The molecule has 2 aromatic carbocycles. The number of rotatable bonds is 2. The number of halogens is 3. The van der Waals surface area contributed by atoms with Crippen molar-refractivity contribution in [3.63, 3.8) is 0 Å². The van der Waals surface area contributed by atoms with Crippen LogP contribution < -0.4 is 0 Å². The predicted octanol–water partition coefficient (Wildman–Crippen LogP) is 4.09. The van der Waals surface area contributed by atoms with E-state index in [2.05, 4.69) is 9.97 Å². The summed E-state index contributed by atoms with van der Waals surface area (Å²) >= 11 is 5.90. The van der Waals surface area contributed by atoms with Gasteiger partial charge in [0.05, 0.1) is 5.52 Å². The summed E-state index contributed by atoms with van der Waals surface area (Å²) in [6, 6.07) is 9.88. The average molecular weight is 279 g/mol. The van der Waals surface area contributed by atoms with E-state index in [0.29, 0.717) is 22.8 Å². The van der Waals surface area contributed by atoms with Crippen LogP contribution >= 0.6 is 11.6 Å². The van der Waals surface area contributed by atoms with Gasteiger partial charge in [0.1, 0.15) is 11.3 Å². The van der Waals surface area contributed by atoms with Crippen LogP contribution in [0.4, 0.5) is 8.78 Å². The summed E-state index contributed by atoms with van der Waals surface area (Å²) in [5.41, 5.74) is 1.46. The second kappa shape index (κ2) is 4.63. The molecule has 0 saturated carbocycles. The van der Waals surface area contributed by atoms with E-state index in [4.69, 9.17) is 11.6 Å². The zero-order chi connectivity index (χ0) is 13.4. The molecule has 0 fully saturated rings. The number of imidazole rings is 1. The normalized spacial score (nSPS) is 11.1. The largest absolute Gasteiger partial charge is 0.342 e. The highest BCUT2D eigenvalue weighted by molar-refractivity contribution is 6.30. The summed E-state index contributed by atoms with van der Waals surface area (Å²) in [7, 11) is 0. The maximum atomic E-state index is 13.5. The molecule has 0 aliphatic rings. The van der Waals surface area contributed by atoms with Gasteiger partial charge in [-0.05, 0) is 29.8 Å². The first-order chi connectivity index (χ1) is 9.13. The summed E-state index contributed by atoms with van der Waals surface area (Å²) in [5, 5.41) is 0.630. The molecule has 0 bridgehead atoms. The number of hydrogen-bond acceptors (Lipinski definition) is 1. The molecular weight excluding hydrogens is 270 g/mol. The van der Waals surface area contributed by atoms with Gasteiger partial charge in [0, 0.05) is 11.4 Å². The Balaban J connectivity index is 2.00. The van der Waals surface area contributed by atoms with Crippen molar-refractivity contribution in [3.05, 3.63) is 64.4 Å². The van der Waals surface area contributed by atoms with Crippen molar-refractivity contribution < 1.29 is 8.78 Å². The van der Waals surface area contributed by atoms with Gasteiger partial charge < -0.3 is 4.98 Å². The van der Waals surface area contributed by atoms with Crippen molar-refractivity contribution in [2.75, 3.05) is 0 Å². The molecule has 1 N–H and O–H groups in total. The van der Waals surface area contributed by atoms with Crippen LogP contribution in [0.5, 0.6) is 0 Å². The average Bonchev–Trinajstić information content (AvgIpc) is 2.77. The molecule has 3 rings (SSSR count). The monoisotopic (exact) mass is 278 g/mol. The van der Waals surface area contributed by atoms with Crippen LogP contribution in [0.1, 0.15) is 11.4 Å². The number of aromatic nitrogens is 2. The first-order valence-electron chi connectivity index (χ1n) is 5.70. The highest BCUT2D eigenvalue weighted by Crippen LogP contribution is 2.20. The third kappa shape index (κ3) is 2.31. The molecule has 0 radical (unpaired) electrons. The third-order valence-electron chi connectivity index (χ3n) is 2.86. The van der Waals surface area contributed by atoms with Gasteiger partial charge in [-0.1, -0.05) is 23.7 Å². The highest BCUT2D eigenvalue weighted by atomic mass is 35.5. The summed E-state index contributed by atoms with van der Waals surface area (Å²) < 4.78 is 26.6. The van der Waals surface area contributed by atoms with Gasteiger partial charge in [0.15, 0.2) is 11.6 Å². The van der Waals surface area contributed by atoms with Crippen molar-refractivity contribution in [2.24, 2.45) is 0 Å². The van der Waals surface area contributed by atoms with Crippen LogP contribution in [0, 0.1) is 11.6 Å². The molecular formula is C14H9ClF2N2. The van der Waals surface area contributed by atoms with E-state index in [-0.39, 0.29) is 5.52 Å². The molecule has 19 heavy (non-hydrogen) atoms. The fourth-order valence-electron chi connectivity index (χ4n) is 1.99. The Labute approximate surface area is 113 Å². The van der Waals surface area contributed by atoms with Gasteiger partial charge in [-0.2, -0.15) is 0 Å². The van der Waals surface area contributed by atoms with Crippen molar-refractivity contribution >= 4 is 22.6 Å². The Kier molecular flexibility index (Phi) is 2.95. The van der Waals surface area contributed by atoms with E-state index in [1.54, 1.807) is 6.07 Å². The fraction of sp³-hybridized carbons (Fsp3) is 0.0714. The first-order valence-corrected chi connectivity index (χ1v) is 6.08. The lowest BCUT2D eigenvalue weighted by Gasteiger charge is -1.98. The zero-order valence-corrected chi connectivity index (χ0v) is 10.5. The van der Waals surface area contributed by atoms with E-state index < -0.39 is 11.6 Å². The first kappa shape index (κ1) is 12.1. The molecule has 1 aromatic heterocycles. The SMILES string of the molecule is Fc1ccc2[nH]c(Cc3cccc(Cl)c3)nc2c1F. The predicted molar refractivity (Wildman–Crippen MR) is 70.3 cm³/mol. The van der Waals surface area contributed by atoms with Crippen LogP contribution in [-0.4, -0.2) is 9.97 Å². The minimum atomic E-state index is -0.925. The second-order valence-corrected chi connectivity index (χ2v) is 4.68. The molecule has 0 amide bonds. The molecule has 0 atom stereocenters. The highest BCUT2D eigenvalue weighted by Gasteiger charge is 2.12. The number of nitrogens with one attached hydrogen (secondary N) is 1. The smallest absolute Gasteiger partial charge is 0.186 e. The Bertz CT molecular complexity index is 752. The molecule has 1 heterocycles. The minimum Gasteiger partial charge on any atom is -0.342 e. The number of hydrogen-bond donors (Lipinski definition) is 1. The van der Waals surface area contributed by atoms with Crippen LogP contribution in [0.25, 0.3) is 11.0 Å². The van der Waals surface area contributed by atoms with Gasteiger partial charge in [0.2, 0.25) is 0 Å². The van der Waals surface area contributed by atoms with Gasteiger partial charge in [0.25, 0.3) is 0 Å². The third-order valence-corrected chi connectivity index (χ3v) is 3.09. The zero-order valence-electron chi connectivity index (χ0n) is 9.75. The van der Waals surface area contributed by atoms with Crippen molar-refractivity contribution in [3.8, 4) is 0 Å². The summed E-state index contributed by atoms with van der Waals surface area (Å²) in [6.07, 6.45) is 0.482. The summed E-state index contributed by atoms with van der Waals surface area (Å²) in [5.74, 6) is -1.25. The van der Waals surface area contributed by atoms with Crippen molar-refractivity contribution in [1.29, 1.82) is 0 Å². The Morgan fingerprint density at radius 3 is 2.79 bits per heavy atom. The lowest BCUT2D eigenvalue weighted by atomic mass is 10.1. The van der Waals surface area contributed by atoms with E-state index in [9.17, 15) is 8.78 Å². The minimum absolute atomic E-state index is 0.0250. The lowest BCUT2D eigenvalue weighted by molar-refractivity contribution is 0.515. The van der Waals surface area contributed by atoms with Crippen LogP contribution in [0.15, 0.2) is 36.4 Å². The standard InChI is InChI=1S/C14H9ClF2N2/c15-9-3-1-2-8(6-9)7-12-18-11-5-4-10(16)13(17)14(11)19-12/h1-6H,7H2,(H,18,19). The number of nitrogens with zero attached hydrogens (tertiary/aromatic N) is 1. The Morgan fingerprint density at radius 2 is 2.00 bits per heavy atom. The topological polar surface area (TPSA) is 28.7 Å². The molecule has 0 aliphatic heterocycles. The quantitative estimate of drug-likeness (QED) is 0.751. The van der Waals surface area contributed by atoms with E-state index in [1.807, 2.05) is 18.2 Å². The van der Waals surface area contributed by atoms with Gasteiger partial charge in [-0.3, -0.25) is 0 Å². The molecule has 0 saturated heterocycles. The number of benzene rings is 2. The maximum Gasteiger partial charge on any atom is 0.186 e. The van der Waals surface area contributed by atoms with E-state index in [1.165, 1.54) is 6.07 Å². The number of fused-ring (bicyclic) bond motifs is 1. The molecule has 0 aliphatic carbocycles. The second-order valence-electron chi connectivity index (χ2n) is 4.25. The number of aromatic amines is 1. The summed E-state index contributed by atoms with van der Waals surface area (Å²) in [4.78, 5) is 7.06. The van der Waals surface area contributed by atoms with Crippen molar-refractivity contribution in [2.45, 2.75) is 6.42 Å². The van der Waals surface area contributed by atoms with E-state index in [0.717, 1.165) is 11.6 Å². The molecule has 2 nitrogen and oxygen atoms in total. The molecule has 0 spiro atoms. The summed E-state index contributed by atoms with van der Waals surface area (Å²) in [6.45, 7) is 0. The van der Waals surface area contributed by atoms with E-state index >= 15 is 0 Å². The molecule has 3 aromatic rings. The van der Waals surface area contributed by atoms with Gasteiger partial charge in [-0.15, -0.1) is 0 Å². The maximum absolute atomic E-state index is 13.5. The lowest BCUT2D eigenvalue weighted by Crippen LogP contribution is -1.90. The van der Waals surface area contributed by atoms with Gasteiger partial charge >= 0.3 is 0 Å².